The predicted molar refractivity (Wildman–Crippen MR) is 130 cm³/mol. The molecule has 0 aromatic heterocycles. The zero-order chi connectivity index (χ0) is 23.8. The summed E-state index contributed by atoms with van der Waals surface area (Å²) in [5, 5.41) is 3.24. The van der Waals surface area contributed by atoms with Crippen molar-refractivity contribution in [2.75, 3.05) is 52.4 Å². The van der Waals surface area contributed by atoms with Crippen LogP contribution in [0.5, 0.6) is 5.75 Å². The van der Waals surface area contributed by atoms with E-state index < -0.39 is 10.0 Å². The van der Waals surface area contributed by atoms with E-state index in [0.29, 0.717) is 50.6 Å². The van der Waals surface area contributed by atoms with E-state index in [1.807, 2.05) is 11.8 Å². The van der Waals surface area contributed by atoms with Crippen LogP contribution >= 0.6 is 0 Å². The third-order valence-electron chi connectivity index (χ3n) is 6.80. The van der Waals surface area contributed by atoms with Crippen LogP contribution in [-0.4, -0.2) is 92.9 Å². The normalized spacial score (nSPS) is 22.5. The van der Waals surface area contributed by atoms with Crippen LogP contribution in [0.1, 0.15) is 46.5 Å². The van der Waals surface area contributed by atoms with Crippen LogP contribution in [-0.2, 0) is 14.8 Å². The van der Waals surface area contributed by atoms with Gasteiger partial charge in [-0.1, -0.05) is 6.42 Å². The highest BCUT2D eigenvalue weighted by Crippen LogP contribution is 2.24. The van der Waals surface area contributed by atoms with Crippen molar-refractivity contribution in [1.29, 1.82) is 0 Å². The number of amides is 1. The van der Waals surface area contributed by atoms with E-state index in [1.54, 1.807) is 24.3 Å². The van der Waals surface area contributed by atoms with Crippen LogP contribution in [0.2, 0.25) is 0 Å². The number of hydrogen-bond acceptors (Lipinski definition) is 6. The van der Waals surface area contributed by atoms with E-state index >= 15 is 0 Å². The van der Waals surface area contributed by atoms with Gasteiger partial charge >= 0.3 is 0 Å². The largest absolute Gasteiger partial charge is 0.494 e. The van der Waals surface area contributed by atoms with E-state index in [4.69, 9.17) is 4.74 Å². The Morgan fingerprint density at radius 2 is 1.73 bits per heavy atom. The van der Waals surface area contributed by atoms with Crippen LogP contribution < -0.4 is 10.1 Å². The number of carbonyl (C=O) groups is 1. The second-order valence-electron chi connectivity index (χ2n) is 9.06. The van der Waals surface area contributed by atoms with Crippen molar-refractivity contribution in [1.82, 2.24) is 19.4 Å². The summed E-state index contributed by atoms with van der Waals surface area (Å²) in [6, 6.07) is 7.44. The van der Waals surface area contributed by atoms with Crippen LogP contribution in [0.25, 0.3) is 0 Å². The zero-order valence-electron chi connectivity index (χ0n) is 20.3. The maximum absolute atomic E-state index is 13.6. The van der Waals surface area contributed by atoms with Gasteiger partial charge < -0.3 is 15.0 Å². The lowest BCUT2D eigenvalue weighted by Gasteiger charge is -2.40. The summed E-state index contributed by atoms with van der Waals surface area (Å²) in [6.45, 7) is 11.0. The van der Waals surface area contributed by atoms with Gasteiger partial charge in [0.1, 0.15) is 5.75 Å². The lowest BCUT2D eigenvalue weighted by molar-refractivity contribution is -0.131. The third kappa shape index (κ3) is 6.91. The fourth-order valence-electron chi connectivity index (χ4n) is 4.81. The summed E-state index contributed by atoms with van der Waals surface area (Å²) < 4.78 is 34.1. The Bertz CT molecular complexity index is 846. The Balaban J connectivity index is 1.73. The van der Waals surface area contributed by atoms with Crippen molar-refractivity contribution >= 4 is 15.9 Å². The van der Waals surface area contributed by atoms with Crippen molar-refractivity contribution < 1.29 is 17.9 Å². The number of carbonyl (C=O) groups excluding carboxylic acids is 1. The molecule has 2 saturated heterocycles. The smallest absolute Gasteiger partial charge is 0.243 e. The molecule has 1 N–H and O–H groups in total. The molecule has 2 atom stereocenters. The molecule has 3 rings (SSSR count). The van der Waals surface area contributed by atoms with E-state index in [2.05, 4.69) is 24.1 Å². The topological polar surface area (TPSA) is 82.2 Å². The number of nitrogens with one attached hydrogen (secondary N) is 1. The Morgan fingerprint density at radius 1 is 1.09 bits per heavy atom. The lowest BCUT2D eigenvalue weighted by atomic mass is 9.98. The van der Waals surface area contributed by atoms with Crippen molar-refractivity contribution in [3.63, 3.8) is 0 Å². The number of ether oxygens (including phenoxy) is 1. The first-order valence-electron chi connectivity index (χ1n) is 12.3. The summed E-state index contributed by atoms with van der Waals surface area (Å²) in [5.41, 5.74) is 0. The van der Waals surface area contributed by atoms with Gasteiger partial charge in [-0.05, 0) is 57.9 Å². The summed E-state index contributed by atoms with van der Waals surface area (Å²) in [6.07, 6.45) is 3.68. The Labute approximate surface area is 199 Å². The van der Waals surface area contributed by atoms with Crippen molar-refractivity contribution in [3.05, 3.63) is 24.3 Å². The van der Waals surface area contributed by atoms with E-state index in [1.165, 1.54) is 10.7 Å². The van der Waals surface area contributed by atoms with Gasteiger partial charge in [0, 0.05) is 64.3 Å². The van der Waals surface area contributed by atoms with Crippen molar-refractivity contribution in [3.8, 4) is 5.75 Å². The summed E-state index contributed by atoms with van der Waals surface area (Å²) in [4.78, 5) is 17.2. The van der Waals surface area contributed by atoms with Crippen LogP contribution in [0.15, 0.2) is 29.2 Å². The second-order valence-corrected chi connectivity index (χ2v) is 11.0. The molecule has 8 nitrogen and oxygen atoms in total. The molecule has 1 amide bonds. The van der Waals surface area contributed by atoms with E-state index in [9.17, 15) is 13.2 Å². The van der Waals surface area contributed by atoms with Gasteiger partial charge in [-0.3, -0.25) is 9.69 Å². The standard InChI is InChI=1S/C24H40N4O4S/c1-4-32-22-8-10-23(11-9-22)33(30,31)27(15-12-24(29)26-16-13-25-14-17-26)18-19-28-20(2)6-5-7-21(28)3/h8-11,20-21,25H,4-7,12-19H2,1-3H3/t20-,21-/m1/s1. The quantitative estimate of drug-likeness (QED) is 0.553. The minimum absolute atomic E-state index is 0.0168. The van der Waals surface area contributed by atoms with Crippen molar-refractivity contribution in [2.45, 2.75) is 63.4 Å². The average Bonchev–Trinajstić information content (AvgIpc) is 2.81. The Kier molecular flexibility index (Phi) is 9.55. The van der Waals surface area contributed by atoms with Crippen LogP contribution in [0.4, 0.5) is 0 Å². The molecule has 2 fully saturated rings. The SMILES string of the molecule is CCOc1ccc(S(=O)(=O)N(CCC(=O)N2CCNCC2)CCN2[C@H](C)CCC[C@H]2C)cc1. The molecule has 0 saturated carbocycles. The lowest BCUT2D eigenvalue weighted by Crippen LogP contribution is -2.49. The summed E-state index contributed by atoms with van der Waals surface area (Å²) in [5.74, 6) is 0.663. The number of hydrogen-bond donors (Lipinski definition) is 1. The molecule has 186 valence electrons. The highest BCUT2D eigenvalue weighted by atomic mass is 32.2. The molecule has 0 spiro atoms. The number of rotatable bonds is 10. The number of nitrogens with zero attached hydrogens (tertiary/aromatic N) is 3. The maximum Gasteiger partial charge on any atom is 0.243 e. The van der Waals surface area contributed by atoms with Crippen LogP contribution in [0.3, 0.4) is 0 Å². The number of piperidine rings is 1. The first kappa shape index (κ1) is 25.9. The molecule has 2 heterocycles. The summed E-state index contributed by atoms with van der Waals surface area (Å²) in [7, 11) is -3.73. The van der Waals surface area contributed by atoms with E-state index in [-0.39, 0.29) is 23.8 Å². The zero-order valence-corrected chi connectivity index (χ0v) is 21.1. The number of benzene rings is 1. The molecule has 0 bridgehead atoms. The molecule has 33 heavy (non-hydrogen) atoms. The molecule has 0 unspecified atom stereocenters. The van der Waals surface area contributed by atoms with Crippen molar-refractivity contribution in [2.24, 2.45) is 0 Å². The van der Waals surface area contributed by atoms with Gasteiger partial charge in [0.2, 0.25) is 15.9 Å². The van der Waals surface area contributed by atoms with Gasteiger partial charge in [0.05, 0.1) is 11.5 Å². The molecular formula is C24H40N4O4S. The fourth-order valence-corrected chi connectivity index (χ4v) is 6.24. The monoisotopic (exact) mass is 480 g/mol. The molecule has 0 aliphatic carbocycles. The van der Waals surface area contributed by atoms with Gasteiger partial charge in [0.25, 0.3) is 0 Å². The minimum Gasteiger partial charge on any atom is -0.494 e. The Morgan fingerprint density at radius 3 is 2.33 bits per heavy atom. The molecule has 1 aromatic carbocycles. The number of piperazine rings is 1. The second kappa shape index (κ2) is 12.1. The predicted octanol–water partition coefficient (Wildman–Crippen LogP) is 2.16. The molecule has 2 aliphatic heterocycles. The average molecular weight is 481 g/mol. The fraction of sp³-hybridized carbons (Fsp3) is 0.708. The van der Waals surface area contributed by atoms with Gasteiger partial charge in [-0.15, -0.1) is 0 Å². The highest BCUT2D eigenvalue weighted by molar-refractivity contribution is 7.89. The first-order valence-corrected chi connectivity index (χ1v) is 13.7. The molecule has 1 aromatic rings. The highest BCUT2D eigenvalue weighted by Gasteiger charge is 2.30. The molecule has 0 radical (unpaired) electrons. The van der Waals surface area contributed by atoms with Crippen LogP contribution in [0, 0.1) is 0 Å². The van der Waals surface area contributed by atoms with E-state index in [0.717, 1.165) is 25.9 Å². The minimum atomic E-state index is -3.73. The molecule has 9 heteroatoms. The van der Waals surface area contributed by atoms with Gasteiger partial charge in [-0.2, -0.15) is 4.31 Å². The Hall–Kier alpha value is -1.68. The van der Waals surface area contributed by atoms with Gasteiger partial charge in [0.15, 0.2) is 0 Å². The van der Waals surface area contributed by atoms with Gasteiger partial charge in [-0.25, -0.2) is 8.42 Å². The number of likely N-dealkylation sites (tertiary alicyclic amines) is 1. The molecule has 2 aliphatic rings. The summed E-state index contributed by atoms with van der Waals surface area (Å²) >= 11 is 0. The maximum atomic E-state index is 13.6. The molecular weight excluding hydrogens is 440 g/mol. The number of sulfonamides is 1. The third-order valence-corrected chi connectivity index (χ3v) is 8.71. The first-order chi connectivity index (χ1) is 15.8.